The zero-order valence-electron chi connectivity index (χ0n) is 46.3. The predicted molar refractivity (Wildman–Crippen MR) is 306 cm³/mol. The second kappa shape index (κ2) is 55.1. The molecule has 12 heteroatoms. The highest BCUT2D eigenvalue weighted by Gasteiger charge is 2.28. The summed E-state index contributed by atoms with van der Waals surface area (Å²) in [4.78, 5) is 48.4. The maximum Gasteiger partial charge on any atom is 0.472 e. The number of allylic oxidation sites excluding steroid dienone is 20. The Hall–Kier alpha value is -4.12. The van der Waals surface area contributed by atoms with Gasteiger partial charge in [-0.1, -0.05) is 206 Å². The summed E-state index contributed by atoms with van der Waals surface area (Å²) < 4.78 is 39.4. The number of phosphoric acid groups is 1. The first-order valence-electron chi connectivity index (χ1n) is 28.4. The number of phosphoric ester groups is 1. The SMILES string of the molecule is CC/C=C\C/C=C\C/C=C\C/C=C\C/C=C\CCCCCC(=O)OC(CO)COP(=O)(O)OCC(COC(=O)CCCCCCCCCCC)OC(=O)CCCCC/C=C\C/C=C\C/C=C\C/C=C\C/C=C\CC. The zero-order chi connectivity index (χ0) is 54.1. The van der Waals surface area contributed by atoms with Crippen molar-refractivity contribution in [2.45, 2.75) is 226 Å². The molecule has 11 nitrogen and oxygen atoms in total. The van der Waals surface area contributed by atoms with Crippen molar-refractivity contribution in [3.63, 3.8) is 0 Å². The van der Waals surface area contributed by atoms with Gasteiger partial charge in [-0.25, -0.2) is 4.57 Å². The van der Waals surface area contributed by atoms with Crippen LogP contribution in [-0.2, 0) is 42.2 Å². The summed E-state index contributed by atoms with van der Waals surface area (Å²) in [5.74, 6) is -1.55. The van der Waals surface area contributed by atoms with Crippen molar-refractivity contribution in [1.29, 1.82) is 0 Å². The van der Waals surface area contributed by atoms with Crippen LogP contribution < -0.4 is 0 Å². The van der Waals surface area contributed by atoms with E-state index < -0.39 is 57.8 Å². The van der Waals surface area contributed by atoms with Crippen molar-refractivity contribution in [2.75, 3.05) is 26.4 Å². The molecule has 0 fully saturated rings. The van der Waals surface area contributed by atoms with E-state index in [9.17, 15) is 28.9 Å². The fourth-order valence-corrected chi connectivity index (χ4v) is 7.90. The summed E-state index contributed by atoms with van der Waals surface area (Å²) in [6.45, 7) is 4.30. The molecule has 0 bridgehead atoms. The fourth-order valence-electron chi connectivity index (χ4n) is 7.11. The number of rotatable bonds is 51. The highest BCUT2D eigenvalue weighted by Crippen LogP contribution is 2.43. The molecule has 0 radical (unpaired) electrons. The summed E-state index contributed by atoms with van der Waals surface area (Å²) in [6.07, 6.45) is 67.4. The van der Waals surface area contributed by atoms with Gasteiger partial charge in [0.15, 0.2) is 6.10 Å². The molecular formula is C62H101O11P. The van der Waals surface area contributed by atoms with Crippen LogP contribution in [0.15, 0.2) is 122 Å². The Bertz CT molecular complexity index is 1700. The van der Waals surface area contributed by atoms with Gasteiger partial charge < -0.3 is 24.2 Å². The number of carbonyl (C=O) groups excluding carboxylic acids is 3. The minimum atomic E-state index is -4.77. The summed E-state index contributed by atoms with van der Waals surface area (Å²) in [5.41, 5.74) is 0. The second-order valence-electron chi connectivity index (χ2n) is 18.3. The lowest BCUT2D eigenvalue weighted by atomic mass is 10.1. The molecule has 0 aromatic heterocycles. The molecule has 3 unspecified atom stereocenters. The van der Waals surface area contributed by atoms with Gasteiger partial charge in [0, 0.05) is 19.3 Å². The van der Waals surface area contributed by atoms with Gasteiger partial charge >= 0.3 is 25.7 Å². The van der Waals surface area contributed by atoms with Crippen LogP contribution in [0.2, 0.25) is 0 Å². The third-order valence-corrected chi connectivity index (χ3v) is 12.3. The van der Waals surface area contributed by atoms with Crippen LogP contribution in [0.4, 0.5) is 0 Å². The van der Waals surface area contributed by atoms with Crippen LogP contribution in [0.5, 0.6) is 0 Å². The fraction of sp³-hybridized carbons (Fsp3) is 0.629. The normalized spacial score (nSPS) is 14.3. The van der Waals surface area contributed by atoms with E-state index in [4.69, 9.17) is 23.3 Å². The average molecular weight is 1050 g/mol. The van der Waals surface area contributed by atoms with Crippen LogP contribution >= 0.6 is 7.82 Å². The molecular weight excluding hydrogens is 952 g/mol. The number of carbonyl (C=O) groups is 3. The molecule has 0 aliphatic heterocycles. The van der Waals surface area contributed by atoms with Gasteiger partial charge in [-0.2, -0.15) is 0 Å². The number of aliphatic hydroxyl groups is 1. The molecule has 420 valence electrons. The summed E-state index contributed by atoms with van der Waals surface area (Å²) in [5, 5.41) is 9.81. The van der Waals surface area contributed by atoms with Crippen molar-refractivity contribution < 1.29 is 52.2 Å². The molecule has 0 aromatic rings. The molecule has 0 heterocycles. The van der Waals surface area contributed by atoms with Crippen LogP contribution in [0.3, 0.4) is 0 Å². The lowest BCUT2D eigenvalue weighted by Crippen LogP contribution is -2.30. The van der Waals surface area contributed by atoms with Gasteiger partial charge in [0.25, 0.3) is 0 Å². The van der Waals surface area contributed by atoms with Gasteiger partial charge in [-0.3, -0.25) is 23.4 Å². The molecule has 0 spiro atoms. The number of unbranched alkanes of at least 4 members (excludes halogenated alkanes) is 14. The van der Waals surface area contributed by atoms with Crippen molar-refractivity contribution in [3.05, 3.63) is 122 Å². The Balaban J connectivity index is 4.74. The number of hydrogen-bond donors (Lipinski definition) is 2. The van der Waals surface area contributed by atoms with E-state index in [0.717, 1.165) is 122 Å². The molecule has 0 aliphatic rings. The van der Waals surface area contributed by atoms with E-state index in [0.29, 0.717) is 19.3 Å². The Labute approximate surface area is 449 Å². The monoisotopic (exact) mass is 1050 g/mol. The highest BCUT2D eigenvalue weighted by atomic mass is 31.2. The maximum atomic E-state index is 12.9. The molecule has 0 saturated carbocycles. The third kappa shape index (κ3) is 52.7. The van der Waals surface area contributed by atoms with E-state index in [2.05, 4.69) is 142 Å². The topological polar surface area (TPSA) is 155 Å². The number of aliphatic hydroxyl groups excluding tert-OH is 1. The standard InChI is InChI=1S/C62H101O11P/c1-4-7-10-13-16-19-21-23-25-27-29-31-33-35-37-40-43-46-49-52-61(65)72-58(54-63)56-70-74(67,68)71-57-59(55-69-60(64)51-48-45-42-39-18-15-12-9-6-3)73-62(66)53-50-47-44-41-38-36-34-32-30-28-26-24-22-20-17-14-11-8-5-2/h7-8,10-11,16-17,19-20,23-26,29-32,35-38,58-59,63H,4-6,9,12-15,18,21-22,27-28,33-34,39-57H2,1-3H3,(H,67,68)/b10-7-,11-8-,19-16-,20-17-,25-23-,26-24-,31-29-,32-30-,37-35-,38-36-. The molecule has 0 saturated heterocycles. The summed E-state index contributed by atoms with van der Waals surface area (Å²) in [6, 6.07) is 0. The summed E-state index contributed by atoms with van der Waals surface area (Å²) in [7, 11) is -4.77. The Morgan fingerprint density at radius 3 is 1.08 bits per heavy atom. The van der Waals surface area contributed by atoms with Crippen LogP contribution in [0, 0.1) is 0 Å². The van der Waals surface area contributed by atoms with E-state index in [1.54, 1.807) is 0 Å². The van der Waals surface area contributed by atoms with Crippen molar-refractivity contribution in [2.24, 2.45) is 0 Å². The summed E-state index contributed by atoms with van der Waals surface area (Å²) >= 11 is 0. The molecule has 74 heavy (non-hydrogen) atoms. The van der Waals surface area contributed by atoms with E-state index in [1.165, 1.54) is 32.1 Å². The second-order valence-corrected chi connectivity index (χ2v) is 19.8. The first-order valence-corrected chi connectivity index (χ1v) is 29.9. The minimum Gasteiger partial charge on any atom is -0.462 e. The maximum absolute atomic E-state index is 12.9. The van der Waals surface area contributed by atoms with Crippen LogP contribution in [0.25, 0.3) is 0 Å². The molecule has 0 amide bonds. The number of hydrogen-bond acceptors (Lipinski definition) is 10. The lowest BCUT2D eigenvalue weighted by Gasteiger charge is -2.21. The Morgan fingerprint density at radius 1 is 0.392 bits per heavy atom. The quantitative estimate of drug-likeness (QED) is 0.0197. The molecule has 2 N–H and O–H groups in total. The van der Waals surface area contributed by atoms with Crippen LogP contribution in [0.1, 0.15) is 213 Å². The highest BCUT2D eigenvalue weighted by molar-refractivity contribution is 7.47. The van der Waals surface area contributed by atoms with Crippen molar-refractivity contribution in [1.82, 2.24) is 0 Å². The minimum absolute atomic E-state index is 0.121. The van der Waals surface area contributed by atoms with Gasteiger partial charge in [-0.15, -0.1) is 0 Å². The number of ether oxygens (including phenoxy) is 3. The molecule has 0 aliphatic carbocycles. The van der Waals surface area contributed by atoms with Crippen molar-refractivity contribution >= 4 is 25.7 Å². The van der Waals surface area contributed by atoms with Gasteiger partial charge in [0.1, 0.15) is 12.7 Å². The van der Waals surface area contributed by atoms with E-state index in [1.807, 2.05) is 0 Å². The van der Waals surface area contributed by atoms with Gasteiger partial charge in [0.2, 0.25) is 0 Å². The van der Waals surface area contributed by atoms with Crippen LogP contribution in [-0.4, -0.2) is 66.5 Å². The Morgan fingerprint density at radius 2 is 0.703 bits per heavy atom. The first kappa shape index (κ1) is 69.9. The molecule has 3 atom stereocenters. The average Bonchev–Trinajstić information content (AvgIpc) is 3.39. The zero-order valence-corrected chi connectivity index (χ0v) is 47.2. The Kier molecular flexibility index (Phi) is 52.1. The molecule has 0 aromatic carbocycles. The first-order chi connectivity index (χ1) is 36.2. The van der Waals surface area contributed by atoms with Crippen molar-refractivity contribution in [3.8, 4) is 0 Å². The third-order valence-electron chi connectivity index (χ3n) is 11.4. The van der Waals surface area contributed by atoms with E-state index in [-0.39, 0.29) is 25.9 Å². The predicted octanol–water partition coefficient (Wildman–Crippen LogP) is 16.8. The largest absolute Gasteiger partial charge is 0.472 e. The number of esters is 3. The van der Waals surface area contributed by atoms with Gasteiger partial charge in [0.05, 0.1) is 19.8 Å². The van der Waals surface area contributed by atoms with E-state index >= 15 is 0 Å². The smallest absolute Gasteiger partial charge is 0.462 e. The molecule has 0 rings (SSSR count). The van der Waals surface area contributed by atoms with Gasteiger partial charge in [-0.05, 0) is 109 Å². The lowest BCUT2D eigenvalue weighted by molar-refractivity contribution is -0.161.